The summed E-state index contributed by atoms with van der Waals surface area (Å²) in [5.41, 5.74) is 2.10. The number of amides is 2. The number of carbonyl (C=O) groups is 1. The first-order valence-electron chi connectivity index (χ1n) is 7.73. The smallest absolute Gasteiger partial charge is 0.324 e. The molecule has 1 fully saturated rings. The molecule has 3 heterocycles. The molecule has 2 aliphatic rings. The van der Waals surface area contributed by atoms with E-state index in [0.717, 1.165) is 28.0 Å². The highest BCUT2D eigenvalue weighted by molar-refractivity contribution is 7.22. The van der Waals surface area contributed by atoms with Gasteiger partial charge >= 0.3 is 6.03 Å². The van der Waals surface area contributed by atoms with E-state index in [2.05, 4.69) is 24.1 Å². The van der Waals surface area contributed by atoms with Gasteiger partial charge in [0.25, 0.3) is 0 Å². The molecule has 0 spiro atoms. The van der Waals surface area contributed by atoms with Crippen molar-refractivity contribution in [3.8, 4) is 17.6 Å². The van der Waals surface area contributed by atoms with Gasteiger partial charge in [0.05, 0.1) is 16.8 Å². The summed E-state index contributed by atoms with van der Waals surface area (Å²) in [6.45, 7) is 5.25. The van der Waals surface area contributed by atoms with E-state index in [0.29, 0.717) is 18.3 Å². The molecule has 2 aromatic rings. The summed E-state index contributed by atoms with van der Waals surface area (Å²) in [5.74, 6) is 7.28. The zero-order chi connectivity index (χ0) is 16.0. The second-order valence-corrected chi connectivity index (χ2v) is 6.87. The Morgan fingerprint density at radius 2 is 2.35 bits per heavy atom. The van der Waals surface area contributed by atoms with Gasteiger partial charge in [0, 0.05) is 24.4 Å². The number of nitrogens with one attached hydrogen (secondary N) is 1. The largest absolute Gasteiger partial charge is 0.493 e. The minimum Gasteiger partial charge on any atom is -0.493 e. The number of aromatic nitrogens is 1. The Labute approximate surface area is 138 Å². The molecule has 5 nitrogen and oxygen atoms in total. The lowest BCUT2D eigenvalue weighted by Gasteiger charge is -2.35. The molecule has 0 unspecified atom stereocenters. The third kappa shape index (κ3) is 2.23. The Hall–Kier alpha value is -2.26. The van der Waals surface area contributed by atoms with Crippen LogP contribution in [-0.4, -0.2) is 30.2 Å². The van der Waals surface area contributed by atoms with Crippen molar-refractivity contribution in [3.63, 3.8) is 0 Å². The van der Waals surface area contributed by atoms with E-state index in [1.54, 1.807) is 11.8 Å². The summed E-state index contributed by atoms with van der Waals surface area (Å²) < 4.78 is 6.69. The quantitative estimate of drug-likeness (QED) is 0.820. The van der Waals surface area contributed by atoms with Crippen molar-refractivity contribution in [2.24, 2.45) is 5.92 Å². The van der Waals surface area contributed by atoms with Gasteiger partial charge in [0.15, 0.2) is 5.13 Å². The molecule has 0 radical (unpaired) electrons. The molecule has 0 bridgehead atoms. The van der Waals surface area contributed by atoms with Crippen LogP contribution in [0.5, 0.6) is 5.75 Å². The van der Waals surface area contributed by atoms with Gasteiger partial charge in [-0.05, 0) is 19.1 Å². The average Bonchev–Trinajstić information content (AvgIpc) is 3.16. The lowest BCUT2D eigenvalue weighted by atomic mass is 9.99. The van der Waals surface area contributed by atoms with Gasteiger partial charge in [-0.1, -0.05) is 24.2 Å². The number of benzene rings is 1. The predicted octanol–water partition coefficient (Wildman–Crippen LogP) is 2.79. The molecule has 2 atom stereocenters. The number of anilines is 1. The number of fused-ring (bicyclic) bond motifs is 3. The summed E-state index contributed by atoms with van der Waals surface area (Å²) in [6.07, 6.45) is 0.872. The third-order valence-corrected chi connectivity index (χ3v) is 5.35. The van der Waals surface area contributed by atoms with E-state index < -0.39 is 0 Å². The number of rotatable bonds is 1. The molecule has 118 valence electrons. The van der Waals surface area contributed by atoms with Crippen molar-refractivity contribution in [3.05, 3.63) is 17.7 Å². The molecular formula is C17H17N3O2S. The van der Waals surface area contributed by atoms with Crippen molar-refractivity contribution < 1.29 is 9.53 Å². The van der Waals surface area contributed by atoms with Gasteiger partial charge in [0.2, 0.25) is 0 Å². The summed E-state index contributed by atoms with van der Waals surface area (Å²) in [7, 11) is 0. The van der Waals surface area contributed by atoms with Gasteiger partial charge in [0.1, 0.15) is 11.8 Å². The Bertz CT molecular complexity index is 849. The summed E-state index contributed by atoms with van der Waals surface area (Å²) in [4.78, 5) is 18.9. The van der Waals surface area contributed by atoms with Gasteiger partial charge in [-0.25, -0.2) is 9.78 Å². The van der Waals surface area contributed by atoms with E-state index in [1.165, 1.54) is 11.3 Å². The van der Waals surface area contributed by atoms with Gasteiger partial charge in [-0.2, -0.15) is 0 Å². The van der Waals surface area contributed by atoms with E-state index in [-0.39, 0.29) is 18.0 Å². The number of carbonyl (C=O) groups excluding carboxylic acids is 1. The number of nitrogens with zero attached hydrogens (tertiary/aromatic N) is 2. The Kier molecular flexibility index (Phi) is 3.38. The summed E-state index contributed by atoms with van der Waals surface area (Å²) in [6, 6.07) is 3.75. The normalized spacial score (nSPS) is 23.0. The van der Waals surface area contributed by atoms with E-state index >= 15 is 0 Å². The fourth-order valence-corrected chi connectivity index (χ4v) is 4.18. The molecule has 2 aliphatic heterocycles. The van der Waals surface area contributed by atoms with Crippen molar-refractivity contribution in [2.45, 2.75) is 26.3 Å². The van der Waals surface area contributed by atoms with Gasteiger partial charge in [-0.15, -0.1) is 5.92 Å². The van der Waals surface area contributed by atoms with Crippen LogP contribution in [-0.2, 0) is 6.42 Å². The van der Waals surface area contributed by atoms with Crippen LogP contribution in [0.1, 0.15) is 19.4 Å². The molecule has 2 amide bonds. The lowest BCUT2D eigenvalue weighted by molar-refractivity contribution is 0.234. The fraction of sp³-hybridized carbons (Fsp3) is 0.412. The summed E-state index contributed by atoms with van der Waals surface area (Å²) in [5, 5.41) is 3.63. The molecule has 0 aliphatic carbocycles. The molecule has 23 heavy (non-hydrogen) atoms. The highest BCUT2D eigenvalue weighted by Gasteiger charge is 2.35. The minimum absolute atomic E-state index is 0.122. The monoisotopic (exact) mass is 327 g/mol. The highest BCUT2D eigenvalue weighted by Crippen LogP contribution is 2.38. The predicted molar refractivity (Wildman–Crippen MR) is 91.1 cm³/mol. The maximum Gasteiger partial charge on any atom is 0.324 e. The van der Waals surface area contributed by atoms with Crippen LogP contribution in [0.15, 0.2) is 12.1 Å². The van der Waals surface area contributed by atoms with Crippen molar-refractivity contribution in [1.82, 2.24) is 10.3 Å². The molecule has 4 rings (SSSR count). The van der Waals surface area contributed by atoms with Crippen LogP contribution >= 0.6 is 11.3 Å². The van der Waals surface area contributed by atoms with E-state index in [4.69, 9.17) is 9.72 Å². The topological polar surface area (TPSA) is 54.5 Å². The molecule has 1 aromatic heterocycles. The molecule has 1 aromatic carbocycles. The van der Waals surface area contributed by atoms with E-state index in [9.17, 15) is 4.79 Å². The van der Waals surface area contributed by atoms with Crippen molar-refractivity contribution in [2.75, 3.05) is 18.1 Å². The molecule has 0 saturated carbocycles. The lowest BCUT2D eigenvalue weighted by Crippen LogP contribution is -2.56. The second kappa shape index (κ2) is 5.43. The minimum atomic E-state index is -0.140. The number of hydrogen-bond donors (Lipinski definition) is 1. The molecule has 6 heteroatoms. The average molecular weight is 327 g/mol. The Morgan fingerprint density at radius 3 is 3.17 bits per heavy atom. The number of ether oxygens (including phenoxy) is 1. The zero-order valence-corrected chi connectivity index (χ0v) is 13.9. The second-order valence-electron chi connectivity index (χ2n) is 5.86. The molecule has 1 N–H and O–H groups in total. The van der Waals surface area contributed by atoms with Crippen LogP contribution < -0.4 is 15.0 Å². The van der Waals surface area contributed by atoms with Crippen LogP contribution in [0.2, 0.25) is 0 Å². The first-order valence-corrected chi connectivity index (χ1v) is 8.55. The Balaban J connectivity index is 1.83. The number of hydrogen-bond acceptors (Lipinski definition) is 4. The van der Waals surface area contributed by atoms with Crippen LogP contribution in [0, 0.1) is 17.8 Å². The van der Waals surface area contributed by atoms with Crippen molar-refractivity contribution >= 4 is 32.7 Å². The van der Waals surface area contributed by atoms with Crippen LogP contribution in [0.3, 0.4) is 0 Å². The first-order chi connectivity index (χ1) is 11.2. The first kappa shape index (κ1) is 14.3. The SMILES string of the molecule is CC#C[C@H]1[C@@H](C)CNC(=O)N1c1nc2c3c(ccc2s1)OCC3. The van der Waals surface area contributed by atoms with Gasteiger partial charge < -0.3 is 10.1 Å². The third-order valence-electron chi connectivity index (χ3n) is 4.33. The zero-order valence-electron chi connectivity index (χ0n) is 13.0. The molecular weight excluding hydrogens is 310 g/mol. The number of thiazole rings is 1. The maximum absolute atomic E-state index is 12.4. The van der Waals surface area contributed by atoms with Gasteiger partial charge in [-0.3, -0.25) is 4.90 Å². The standard InChI is InChI=1S/C17H17N3O2S/c1-3-4-12-10(2)9-18-16(21)20(12)17-19-15-11-7-8-22-13(11)5-6-14(15)23-17/h5-6,10,12H,7-9H2,1-2H3,(H,18,21)/t10-,12-/m0/s1. The Morgan fingerprint density at radius 1 is 1.48 bits per heavy atom. The summed E-state index contributed by atoms with van der Waals surface area (Å²) >= 11 is 1.54. The van der Waals surface area contributed by atoms with Crippen LogP contribution in [0.25, 0.3) is 10.2 Å². The molecule has 1 saturated heterocycles. The highest BCUT2D eigenvalue weighted by atomic mass is 32.1. The van der Waals surface area contributed by atoms with Crippen molar-refractivity contribution in [1.29, 1.82) is 0 Å². The fourth-order valence-electron chi connectivity index (χ4n) is 3.15. The van der Waals surface area contributed by atoms with Crippen LogP contribution in [0.4, 0.5) is 9.93 Å². The van der Waals surface area contributed by atoms with E-state index in [1.807, 2.05) is 12.1 Å². The number of urea groups is 1. The maximum atomic E-state index is 12.4.